The minimum Gasteiger partial charge on any atom is -0.490 e. The summed E-state index contributed by atoms with van der Waals surface area (Å²) in [6.45, 7) is 2.56. The van der Waals surface area contributed by atoms with Gasteiger partial charge in [0.25, 0.3) is 0 Å². The Bertz CT molecular complexity index is 439. The van der Waals surface area contributed by atoms with Crippen molar-refractivity contribution in [1.29, 1.82) is 0 Å². The summed E-state index contributed by atoms with van der Waals surface area (Å²) in [6.07, 6.45) is 6.89. The van der Waals surface area contributed by atoms with Crippen LogP contribution in [0.2, 0.25) is 0 Å². The van der Waals surface area contributed by atoms with Crippen molar-refractivity contribution < 1.29 is 9.53 Å². The predicted molar refractivity (Wildman–Crippen MR) is 85.4 cm³/mol. The van der Waals surface area contributed by atoms with Gasteiger partial charge in [0, 0.05) is 11.6 Å². The summed E-state index contributed by atoms with van der Waals surface area (Å²) < 4.78 is 5.91. The number of ether oxygens (including phenoxy) is 1. The molecule has 1 atom stereocenters. The zero-order valence-electron chi connectivity index (χ0n) is 12.8. The normalized spacial score (nSPS) is 16.7. The third-order valence-corrected chi connectivity index (χ3v) is 4.02. The first-order valence-electron chi connectivity index (χ1n) is 7.96. The van der Waals surface area contributed by atoms with Crippen LogP contribution in [0.25, 0.3) is 0 Å². The first-order valence-corrected chi connectivity index (χ1v) is 7.96. The van der Waals surface area contributed by atoms with E-state index in [-0.39, 0.29) is 11.8 Å². The van der Waals surface area contributed by atoms with Crippen molar-refractivity contribution in [2.45, 2.75) is 51.6 Å². The molecule has 1 unspecified atom stereocenters. The molecule has 116 valence electrons. The number of anilines is 1. The van der Waals surface area contributed by atoms with E-state index in [1.54, 1.807) is 0 Å². The van der Waals surface area contributed by atoms with Gasteiger partial charge in [-0.3, -0.25) is 4.79 Å². The van der Waals surface area contributed by atoms with Crippen LogP contribution in [-0.4, -0.2) is 18.6 Å². The van der Waals surface area contributed by atoms with Crippen LogP contribution >= 0.6 is 0 Å². The largest absolute Gasteiger partial charge is 0.490 e. The van der Waals surface area contributed by atoms with Crippen LogP contribution < -0.4 is 15.8 Å². The van der Waals surface area contributed by atoms with Crippen molar-refractivity contribution in [2.75, 3.05) is 11.9 Å². The number of benzene rings is 1. The molecule has 0 saturated heterocycles. The van der Waals surface area contributed by atoms with Gasteiger partial charge in [-0.1, -0.05) is 6.92 Å². The Morgan fingerprint density at radius 1 is 1.33 bits per heavy atom. The van der Waals surface area contributed by atoms with Gasteiger partial charge < -0.3 is 15.8 Å². The quantitative estimate of drug-likeness (QED) is 0.809. The summed E-state index contributed by atoms with van der Waals surface area (Å²) in [7, 11) is 0. The second-order valence-electron chi connectivity index (χ2n) is 5.87. The van der Waals surface area contributed by atoms with Crippen molar-refractivity contribution in [3.05, 3.63) is 24.3 Å². The Kier molecular flexibility index (Phi) is 6.05. The highest BCUT2D eigenvalue weighted by Gasteiger charge is 2.16. The van der Waals surface area contributed by atoms with Crippen molar-refractivity contribution in [3.63, 3.8) is 0 Å². The molecule has 21 heavy (non-hydrogen) atoms. The summed E-state index contributed by atoms with van der Waals surface area (Å²) in [6, 6.07) is 7.66. The number of amides is 1. The van der Waals surface area contributed by atoms with Gasteiger partial charge in [-0.2, -0.15) is 0 Å². The van der Waals surface area contributed by atoms with E-state index < -0.39 is 0 Å². The summed E-state index contributed by atoms with van der Waals surface area (Å²) in [5, 5.41) is 2.94. The average Bonchev–Trinajstić information content (AvgIpc) is 2.99. The highest BCUT2D eigenvalue weighted by atomic mass is 16.5. The maximum Gasteiger partial charge on any atom is 0.227 e. The minimum absolute atomic E-state index is 0.0111. The maximum atomic E-state index is 12.0. The standard InChI is InChI=1S/C17H26N2O2/c1-13(5-4-12-18)17(20)19-14-8-10-16(11-9-14)21-15-6-2-3-7-15/h8-11,13,15H,2-7,12,18H2,1H3,(H,19,20). The molecule has 1 aliphatic rings. The van der Waals surface area contributed by atoms with Gasteiger partial charge >= 0.3 is 0 Å². The maximum absolute atomic E-state index is 12.0. The lowest BCUT2D eigenvalue weighted by Gasteiger charge is -2.14. The molecular weight excluding hydrogens is 264 g/mol. The van der Waals surface area contributed by atoms with Crippen LogP contribution in [0, 0.1) is 5.92 Å². The molecule has 3 N–H and O–H groups in total. The second kappa shape index (κ2) is 8.03. The van der Waals surface area contributed by atoms with Gasteiger partial charge in [-0.05, 0) is 69.3 Å². The first kappa shape index (κ1) is 15.8. The molecule has 0 heterocycles. The minimum atomic E-state index is -0.0111. The van der Waals surface area contributed by atoms with E-state index in [9.17, 15) is 4.79 Å². The number of nitrogens with two attached hydrogens (primary N) is 1. The molecule has 0 bridgehead atoms. The fourth-order valence-corrected chi connectivity index (χ4v) is 2.64. The highest BCUT2D eigenvalue weighted by molar-refractivity contribution is 5.92. The topological polar surface area (TPSA) is 64.4 Å². The molecule has 0 aromatic heterocycles. The van der Waals surface area contributed by atoms with Crippen molar-refractivity contribution in [3.8, 4) is 5.75 Å². The summed E-state index contributed by atoms with van der Waals surface area (Å²) in [5.74, 6) is 0.923. The lowest BCUT2D eigenvalue weighted by Crippen LogP contribution is -2.21. The van der Waals surface area contributed by atoms with Gasteiger partial charge in [0.15, 0.2) is 0 Å². The van der Waals surface area contributed by atoms with Gasteiger partial charge in [0.1, 0.15) is 5.75 Å². The van der Waals surface area contributed by atoms with Crippen LogP contribution in [0.1, 0.15) is 45.4 Å². The number of hydrogen-bond donors (Lipinski definition) is 2. The molecule has 0 aliphatic heterocycles. The molecule has 1 aromatic carbocycles. The molecule has 0 radical (unpaired) electrons. The number of carbonyl (C=O) groups excluding carboxylic acids is 1. The third kappa shape index (κ3) is 5.05. The van der Waals surface area contributed by atoms with Crippen LogP contribution in [0.4, 0.5) is 5.69 Å². The van der Waals surface area contributed by atoms with Crippen molar-refractivity contribution in [2.24, 2.45) is 11.7 Å². The van der Waals surface area contributed by atoms with Gasteiger partial charge in [-0.25, -0.2) is 0 Å². The fraction of sp³-hybridized carbons (Fsp3) is 0.588. The van der Waals surface area contributed by atoms with E-state index in [2.05, 4.69) is 5.32 Å². The lowest BCUT2D eigenvalue weighted by atomic mass is 10.0. The van der Waals surface area contributed by atoms with E-state index in [4.69, 9.17) is 10.5 Å². The Labute approximate surface area is 127 Å². The molecular formula is C17H26N2O2. The Hall–Kier alpha value is -1.55. The first-order chi connectivity index (χ1) is 10.2. The van der Waals surface area contributed by atoms with Crippen LogP contribution in [0.15, 0.2) is 24.3 Å². The molecule has 1 aliphatic carbocycles. The summed E-state index contributed by atoms with van der Waals surface area (Å²) in [5.41, 5.74) is 6.29. The Morgan fingerprint density at radius 2 is 2.00 bits per heavy atom. The monoisotopic (exact) mass is 290 g/mol. The Balaban J connectivity index is 1.82. The van der Waals surface area contributed by atoms with Crippen molar-refractivity contribution >= 4 is 11.6 Å². The predicted octanol–water partition coefficient (Wildman–Crippen LogP) is 3.32. The van der Waals surface area contributed by atoms with E-state index in [0.29, 0.717) is 12.6 Å². The summed E-state index contributed by atoms with van der Waals surface area (Å²) >= 11 is 0. The smallest absolute Gasteiger partial charge is 0.227 e. The average molecular weight is 290 g/mol. The number of carbonyl (C=O) groups is 1. The molecule has 4 heteroatoms. The van der Waals surface area contributed by atoms with Gasteiger partial charge in [-0.15, -0.1) is 0 Å². The van der Waals surface area contributed by atoms with E-state index >= 15 is 0 Å². The zero-order chi connectivity index (χ0) is 15.1. The number of nitrogens with one attached hydrogen (secondary N) is 1. The van der Waals surface area contributed by atoms with Crippen LogP contribution in [-0.2, 0) is 4.79 Å². The molecule has 1 aromatic rings. The van der Waals surface area contributed by atoms with E-state index in [1.807, 2.05) is 31.2 Å². The van der Waals surface area contributed by atoms with Crippen LogP contribution in [0.3, 0.4) is 0 Å². The van der Waals surface area contributed by atoms with Crippen LogP contribution in [0.5, 0.6) is 5.75 Å². The molecule has 0 spiro atoms. The number of rotatable bonds is 7. The van der Waals surface area contributed by atoms with Crippen molar-refractivity contribution in [1.82, 2.24) is 0 Å². The highest BCUT2D eigenvalue weighted by Crippen LogP contribution is 2.25. The lowest BCUT2D eigenvalue weighted by molar-refractivity contribution is -0.119. The molecule has 4 nitrogen and oxygen atoms in total. The zero-order valence-corrected chi connectivity index (χ0v) is 12.8. The summed E-state index contributed by atoms with van der Waals surface area (Å²) in [4.78, 5) is 12.0. The van der Waals surface area contributed by atoms with E-state index in [1.165, 1.54) is 12.8 Å². The third-order valence-electron chi connectivity index (χ3n) is 4.02. The Morgan fingerprint density at radius 3 is 2.62 bits per heavy atom. The number of hydrogen-bond acceptors (Lipinski definition) is 3. The van der Waals surface area contributed by atoms with Gasteiger partial charge in [0.05, 0.1) is 6.10 Å². The van der Waals surface area contributed by atoms with Gasteiger partial charge in [0.2, 0.25) is 5.91 Å². The molecule has 1 saturated carbocycles. The second-order valence-corrected chi connectivity index (χ2v) is 5.87. The SMILES string of the molecule is CC(CCCN)C(=O)Nc1ccc(OC2CCCC2)cc1. The molecule has 1 amide bonds. The molecule has 1 fully saturated rings. The molecule has 2 rings (SSSR count). The van der Waals surface area contributed by atoms with E-state index in [0.717, 1.165) is 37.1 Å². The fourth-order valence-electron chi connectivity index (χ4n) is 2.64.